The summed E-state index contributed by atoms with van der Waals surface area (Å²) in [6, 6.07) is 5.50. The highest BCUT2D eigenvalue weighted by molar-refractivity contribution is 5.98. The van der Waals surface area contributed by atoms with Crippen molar-refractivity contribution in [3.05, 3.63) is 35.4 Å². The van der Waals surface area contributed by atoms with E-state index in [0.717, 1.165) is 5.56 Å². The minimum absolute atomic E-state index is 0.217. The molecule has 7 heteroatoms. The fraction of sp³-hybridized carbons (Fsp3) is 0.438. The summed E-state index contributed by atoms with van der Waals surface area (Å²) < 4.78 is 0. The molecule has 23 heavy (non-hydrogen) atoms. The lowest BCUT2D eigenvalue weighted by atomic mass is 10.1. The Hall–Kier alpha value is -2.41. The zero-order chi connectivity index (χ0) is 16.6. The van der Waals surface area contributed by atoms with Gasteiger partial charge in [-0.3, -0.25) is 14.4 Å². The van der Waals surface area contributed by atoms with Crippen molar-refractivity contribution in [3.63, 3.8) is 0 Å². The van der Waals surface area contributed by atoms with Crippen LogP contribution in [0, 0.1) is 6.92 Å². The average molecular weight is 317 g/mol. The first kappa shape index (κ1) is 15.5. The van der Waals surface area contributed by atoms with E-state index < -0.39 is 18.7 Å². The second-order valence-corrected chi connectivity index (χ2v) is 6.03. The van der Waals surface area contributed by atoms with Gasteiger partial charge in [0.25, 0.3) is 5.91 Å². The maximum absolute atomic E-state index is 12.3. The Morgan fingerprint density at radius 1 is 1.43 bits per heavy atom. The van der Waals surface area contributed by atoms with E-state index in [4.69, 9.17) is 5.11 Å². The molecule has 2 aliphatic rings. The monoisotopic (exact) mass is 317 g/mol. The van der Waals surface area contributed by atoms with E-state index in [1.54, 1.807) is 12.1 Å². The Morgan fingerprint density at radius 3 is 2.91 bits per heavy atom. The largest absolute Gasteiger partial charge is 0.394 e. The van der Waals surface area contributed by atoms with Crippen molar-refractivity contribution in [2.75, 3.05) is 13.2 Å². The van der Waals surface area contributed by atoms with Crippen molar-refractivity contribution in [2.24, 2.45) is 0 Å². The van der Waals surface area contributed by atoms with Gasteiger partial charge in [0.15, 0.2) is 0 Å². The van der Waals surface area contributed by atoms with Crippen LogP contribution in [-0.2, 0) is 9.59 Å². The molecule has 1 aromatic carbocycles. The summed E-state index contributed by atoms with van der Waals surface area (Å²) >= 11 is 0. The number of benzene rings is 1. The van der Waals surface area contributed by atoms with Gasteiger partial charge in [-0.2, -0.15) is 0 Å². The van der Waals surface area contributed by atoms with Crippen LogP contribution in [0.25, 0.3) is 0 Å². The number of hydrogen-bond acceptors (Lipinski definition) is 4. The van der Waals surface area contributed by atoms with Gasteiger partial charge in [0, 0.05) is 18.2 Å². The molecule has 0 aliphatic carbocycles. The van der Waals surface area contributed by atoms with Crippen LogP contribution < -0.4 is 10.6 Å². The van der Waals surface area contributed by atoms with Crippen molar-refractivity contribution < 1.29 is 19.5 Å². The minimum Gasteiger partial charge on any atom is -0.394 e. The molecule has 2 heterocycles. The van der Waals surface area contributed by atoms with Crippen LogP contribution in [-0.4, -0.2) is 59.0 Å². The summed E-state index contributed by atoms with van der Waals surface area (Å²) in [5.74, 6) is -0.800. The van der Waals surface area contributed by atoms with Gasteiger partial charge in [0.1, 0.15) is 12.1 Å². The SMILES string of the molecule is Cc1cccc(C(=O)N[C@H]2C[C@H]3C(=O)N[C@H](CO)C(=O)N3C2)c1. The molecular formula is C16H19N3O4. The van der Waals surface area contributed by atoms with Crippen LogP contribution in [0.15, 0.2) is 24.3 Å². The minimum atomic E-state index is -0.884. The molecule has 3 rings (SSSR count). The molecule has 3 amide bonds. The van der Waals surface area contributed by atoms with Crippen molar-refractivity contribution in [3.8, 4) is 0 Å². The van der Waals surface area contributed by atoms with E-state index in [9.17, 15) is 14.4 Å². The zero-order valence-electron chi connectivity index (χ0n) is 12.8. The molecule has 1 aromatic rings. The molecule has 3 N–H and O–H groups in total. The average Bonchev–Trinajstić information content (AvgIpc) is 2.95. The first-order chi connectivity index (χ1) is 11.0. The number of piperazine rings is 1. The van der Waals surface area contributed by atoms with Crippen molar-refractivity contribution in [2.45, 2.75) is 31.5 Å². The van der Waals surface area contributed by atoms with Crippen LogP contribution in [0.2, 0.25) is 0 Å². The fourth-order valence-corrected chi connectivity index (χ4v) is 3.14. The summed E-state index contributed by atoms with van der Waals surface area (Å²) in [4.78, 5) is 37.9. The summed E-state index contributed by atoms with van der Waals surface area (Å²) in [7, 11) is 0. The third-order valence-electron chi connectivity index (χ3n) is 4.30. The lowest BCUT2D eigenvalue weighted by Crippen LogP contribution is -2.62. The molecule has 0 unspecified atom stereocenters. The summed E-state index contributed by atoms with van der Waals surface area (Å²) in [5.41, 5.74) is 1.54. The normalized spacial score (nSPS) is 26.7. The molecule has 2 aliphatic heterocycles. The fourth-order valence-electron chi connectivity index (χ4n) is 3.14. The van der Waals surface area contributed by atoms with Crippen molar-refractivity contribution in [1.82, 2.24) is 15.5 Å². The molecule has 0 radical (unpaired) electrons. The van der Waals surface area contributed by atoms with E-state index in [-0.39, 0.29) is 30.3 Å². The van der Waals surface area contributed by atoms with Crippen LogP contribution in [0.5, 0.6) is 0 Å². The van der Waals surface area contributed by atoms with Gasteiger partial charge < -0.3 is 20.6 Å². The van der Waals surface area contributed by atoms with Gasteiger partial charge in [0.2, 0.25) is 11.8 Å². The number of hydrogen-bond donors (Lipinski definition) is 3. The van der Waals surface area contributed by atoms with Crippen LogP contribution in [0.4, 0.5) is 0 Å². The maximum atomic E-state index is 12.3. The smallest absolute Gasteiger partial charge is 0.251 e. The van der Waals surface area contributed by atoms with E-state index in [2.05, 4.69) is 10.6 Å². The molecule has 3 atom stereocenters. The van der Waals surface area contributed by atoms with Crippen molar-refractivity contribution in [1.29, 1.82) is 0 Å². The number of amides is 3. The quantitative estimate of drug-likeness (QED) is 0.679. The number of aliphatic hydroxyl groups excluding tert-OH is 1. The zero-order valence-corrected chi connectivity index (χ0v) is 12.8. The number of fused-ring (bicyclic) bond motifs is 1. The molecule has 2 saturated heterocycles. The first-order valence-corrected chi connectivity index (χ1v) is 7.59. The highest BCUT2D eigenvalue weighted by Gasteiger charge is 2.46. The summed E-state index contributed by atoms with van der Waals surface area (Å²) in [6.07, 6.45) is 0.382. The highest BCUT2D eigenvalue weighted by Crippen LogP contribution is 2.23. The van der Waals surface area contributed by atoms with Gasteiger partial charge in [0.05, 0.1) is 6.61 Å². The van der Waals surface area contributed by atoms with Crippen LogP contribution >= 0.6 is 0 Å². The predicted molar refractivity (Wildman–Crippen MR) is 81.6 cm³/mol. The van der Waals surface area contributed by atoms with Gasteiger partial charge in [-0.05, 0) is 25.5 Å². The number of nitrogens with one attached hydrogen (secondary N) is 2. The Morgan fingerprint density at radius 2 is 2.22 bits per heavy atom. The molecule has 0 saturated carbocycles. The lowest BCUT2D eigenvalue weighted by Gasteiger charge is -2.33. The lowest BCUT2D eigenvalue weighted by molar-refractivity contribution is -0.148. The molecule has 122 valence electrons. The topological polar surface area (TPSA) is 98.7 Å². The van der Waals surface area contributed by atoms with Gasteiger partial charge >= 0.3 is 0 Å². The second-order valence-electron chi connectivity index (χ2n) is 6.03. The molecule has 2 fully saturated rings. The van der Waals surface area contributed by atoms with E-state index in [1.165, 1.54) is 4.90 Å². The standard InChI is InChI=1S/C16H19N3O4/c1-9-3-2-4-10(5-9)14(21)17-11-6-13-15(22)18-12(8-20)16(23)19(13)7-11/h2-5,11-13,20H,6-8H2,1H3,(H,17,21)(H,18,22)/t11-,12+,13-/m0/s1. The maximum Gasteiger partial charge on any atom is 0.251 e. The molecular weight excluding hydrogens is 298 g/mol. The van der Waals surface area contributed by atoms with Gasteiger partial charge in [-0.1, -0.05) is 17.7 Å². The number of carbonyl (C=O) groups excluding carboxylic acids is 3. The Kier molecular flexibility index (Phi) is 4.04. The van der Waals surface area contributed by atoms with E-state index in [1.807, 2.05) is 19.1 Å². The summed E-state index contributed by atoms with van der Waals surface area (Å²) in [5, 5.41) is 14.5. The van der Waals surface area contributed by atoms with Gasteiger partial charge in [-0.25, -0.2) is 0 Å². The Labute approximate surface area is 133 Å². The summed E-state index contributed by atoms with van der Waals surface area (Å²) in [6.45, 7) is 1.77. The van der Waals surface area contributed by atoms with E-state index >= 15 is 0 Å². The first-order valence-electron chi connectivity index (χ1n) is 7.59. The van der Waals surface area contributed by atoms with E-state index in [0.29, 0.717) is 12.0 Å². The van der Waals surface area contributed by atoms with Gasteiger partial charge in [-0.15, -0.1) is 0 Å². The molecule has 0 bridgehead atoms. The number of rotatable bonds is 3. The molecule has 0 spiro atoms. The third-order valence-corrected chi connectivity index (χ3v) is 4.30. The third kappa shape index (κ3) is 2.92. The second kappa shape index (κ2) is 6.00. The predicted octanol–water partition coefficient (Wildman–Crippen LogP) is -0.815. The number of aryl methyl sites for hydroxylation is 1. The highest BCUT2D eigenvalue weighted by atomic mass is 16.3. The van der Waals surface area contributed by atoms with Crippen LogP contribution in [0.1, 0.15) is 22.3 Å². The van der Waals surface area contributed by atoms with Crippen LogP contribution in [0.3, 0.4) is 0 Å². The molecule has 7 nitrogen and oxygen atoms in total. The Balaban J connectivity index is 1.69. The number of carbonyl (C=O) groups is 3. The molecule has 0 aromatic heterocycles. The van der Waals surface area contributed by atoms with Crippen molar-refractivity contribution >= 4 is 17.7 Å². The Bertz CT molecular complexity index is 660. The number of aliphatic hydroxyl groups is 1. The number of nitrogens with zero attached hydrogens (tertiary/aromatic N) is 1.